The van der Waals surface area contributed by atoms with E-state index in [4.69, 9.17) is 4.42 Å². The van der Waals surface area contributed by atoms with E-state index in [1.807, 2.05) is 0 Å². The van der Waals surface area contributed by atoms with Gasteiger partial charge >= 0.3 is 6.18 Å². The number of amides is 1. The highest BCUT2D eigenvalue weighted by molar-refractivity contribution is 6.08. The summed E-state index contributed by atoms with van der Waals surface area (Å²) >= 11 is 0. The predicted molar refractivity (Wildman–Crippen MR) is 112 cm³/mol. The highest BCUT2D eigenvalue weighted by Gasteiger charge is 2.46. The van der Waals surface area contributed by atoms with Crippen molar-refractivity contribution in [2.75, 3.05) is 16.8 Å². The van der Waals surface area contributed by atoms with E-state index in [-0.39, 0.29) is 35.8 Å². The topological polar surface area (TPSA) is 101 Å². The lowest BCUT2D eigenvalue weighted by atomic mass is 10.2. The summed E-state index contributed by atoms with van der Waals surface area (Å²) in [6, 6.07) is 4.89. The van der Waals surface area contributed by atoms with Gasteiger partial charge in [-0.05, 0) is 38.0 Å². The van der Waals surface area contributed by atoms with Crippen LogP contribution < -0.4 is 10.2 Å². The minimum Gasteiger partial charge on any atom is -0.442 e. The maximum Gasteiger partial charge on any atom is 0.408 e. The number of nitrogens with zero attached hydrogens (tertiary/aromatic N) is 6. The molecule has 12 heteroatoms. The van der Waals surface area contributed by atoms with E-state index in [0.29, 0.717) is 23.6 Å². The van der Waals surface area contributed by atoms with E-state index in [1.165, 1.54) is 34.3 Å². The summed E-state index contributed by atoms with van der Waals surface area (Å²) in [4.78, 5) is 26.9. The van der Waals surface area contributed by atoms with E-state index in [9.17, 15) is 18.0 Å². The summed E-state index contributed by atoms with van der Waals surface area (Å²) in [6.07, 6.45) is 0.348. The van der Waals surface area contributed by atoms with Crippen LogP contribution in [0, 0.1) is 6.92 Å². The average Bonchev–Trinajstić information content (AvgIpc) is 3.52. The number of oxazole rings is 1. The first-order chi connectivity index (χ1) is 15.8. The Morgan fingerprint density at radius 3 is 2.85 bits per heavy atom. The molecule has 1 aliphatic heterocycles. The fraction of sp³-hybridized carbons (Fsp3) is 0.286. The van der Waals surface area contributed by atoms with Crippen LogP contribution in [-0.2, 0) is 0 Å². The third-order valence-corrected chi connectivity index (χ3v) is 5.47. The number of alkyl halides is 3. The summed E-state index contributed by atoms with van der Waals surface area (Å²) < 4.78 is 46.9. The van der Waals surface area contributed by atoms with Crippen molar-refractivity contribution in [2.45, 2.75) is 32.0 Å². The number of carbonyl (C=O) groups excluding carboxylic acids is 1. The third-order valence-electron chi connectivity index (χ3n) is 5.47. The molecule has 1 atom stereocenters. The van der Waals surface area contributed by atoms with Crippen LogP contribution in [0.5, 0.6) is 0 Å². The fourth-order valence-electron chi connectivity index (χ4n) is 4.00. The SMILES string of the molecule is Cc1nn2ccc(N3CCC[C@@H]3C(F)(F)F)nc2c1C(=O)Nc1cccc(-c2cnco2)n1. The number of anilines is 2. The highest BCUT2D eigenvalue weighted by atomic mass is 19.4. The lowest BCUT2D eigenvalue weighted by Gasteiger charge is -2.27. The molecule has 1 amide bonds. The van der Waals surface area contributed by atoms with E-state index >= 15 is 0 Å². The fourth-order valence-corrected chi connectivity index (χ4v) is 4.00. The molecule has 33 heavy (non-hydrogen) atoms. The Bertz CT molecular complexity index is 1320. The first kappa shape index (κ1) is 20.9. The van der Waals surface area contributed by atoms with Crippen molar-refractivity contribution < 1.29 is 22.4 Å². The van der Waals surface area contributed by atoms with E-state index in [0.717, 1.165) is 0 Å². The maximum atomic E-state index is 13.4. The normalized spacial score (nSPS) is 16.5. The van der Waals surface area contributed by atoms with Gasteiger partial charge in [0.15, 0.2) is 17.8 Å². The van der Waals surface area contributed by atoms with E-state index in [1.54, 1.807) is 25.1 Å². The Labute approximate surface area is 185 Å². The van der Waals surface area contributed by atoms with Crippen molar-refractivity contribution >= 4 is 23.2 Å². The van der Waals surface area contributed by atoms with Gasteiger partial charge in [0, 0.05) is 12.7 Å². The molecular formula is C21H18F3N7O2. The van der Waals surface area contributed by atoms with E-state index in [2.05, 4.69) is 25.4 Å². The number of aryl methyl sites for hydroxylation is 1. The van der Waals surface area contributed by atoms with Gasteiger partial charge in [0.1, 0.15) is 28.9 Å². The van der Waals surface area contributed by atoms with Gasteiger partial charge in [-0.3, -0.25) is 4.79 Å². The Morgan fingerprint density at radius 1 is 1.24 bits per heavy atom. The maximum absolute atomic E-state index is 13.4. The summed E-state index contributed by atoms with van der Waals surface area (Å²) in [6.45, 7) is 1.87. The Balaban J connectivity index is 1.47. The molecule has 5 heterocycles. The second-order valence-electron chi connectivity index (χ2n) is 7.64. The van der Waals surface area contributed by atoms with Crippen LogP contribution in [0.15, 0.2) is 47.5 Å². The second-order valence-corrected chi connectivity index (χ2v) is 7.64. The molecule has 0 spiro atoms. The van der Waals surface area contributed by atoms with Gasteiger partial charge in [-0.25, -0.2) is 19.5 Å². The first-order valence-electron chi connectivity index (χ1n) is 10.2. The van der Waals surface area contributed by atoms with Crippen LogP contribution in [-0.4, -0.2) is 49.2 Å². The minimum absolute atomic E-state index is 0.00912. The van der Waals surface area contributed by atoms with Crippen molar-refractivity contribution in [1.82, 2.24) is 24.6 Å². The minimum atomic E-state index is -4.36. The molecule has 1 fully saturated rings. The van der Waals surface area contributed by atoms with Crippen LogP contribution in [0.3, 0.4) is 0 Å². The molecule has 4 aromatic rings. The number of pyridine rings is 1. The highest BCUT2D eigenvalue weighted by Crippen LogP contribution is 2.35. The summed E-state index contributed by atoms with van der Waals surface area (Å²) in [5.74, 6) is 0.333. The molecule has 1 N–H and O–H groups in total. The van der Waals surface area contributed by atoms with Crippen LogP contribution in [0.2, 0.25) is 0 Å². The molecule has 4 aromatic heterocycles. The van der Waals surface area contributed by atoms with Crippen molar-refractivity contribution in [3.05, 3.63) is 54.3 Å². The standard InChI is InChI=1S/C21H18F3N7O2/c1-12-18(20(32)27-16-6-2-4-13(26-16)14-10-25-11-33-14)19-28-17(7-9-31(19)29-12)30-8-3-5-15(30)21(22,23)24/h2,4,6-7,9-11,15H,3,5,8H2,1H3,(H,26,27,32)/t15-/m1/s1. The molecule has 0 saturated carbocycles. The molecule has 1 aliphatic rings. The molecule has 0 aromatic carbocycles. The number of nitrogens with one attached hydrogen (secondary N) is 1. The molecule has 0 bridgehead atoms. The van der Waals surface area contributed by atoms with Crippen LogP contribution in [0.4, 0.5) is 24.8 Å². The number of hydrogen-bond donors (Lipinski definition) is 1. The number of hydrogen-bond acceptors (Lipinski definition) is 7. The third kappa shape index (κ3) is 3.88. The molecule has 0 unspecified atom stereocenters. The number of carbonyl (C=O) groups is 1. The quantitative estimate of drug-likeness (QED) is 0.496. The molecular weight excluding hydrogens is 439 g/mol. The number of halogens is 3. The van der Waals surface area contributed by atoms with Gasteiger partial charge in [0.25, 0.3) is 5.91 Å². The molecule has 170 valence electrons. The molecule has 9 nitrogen and oxygen atoms in total. The lowest BCUT2D eigenvalue weighted by Crippen LogP contribution is -2.41. The van der Waals surface area contributed by atoms with Gasteiger partial charge in [-0.1, -0.05) is 6.07 Å². The van der Waals surface area contributed by atoms with E-state index < -0.39 is 18.1 Å². The Kier molecular flexibility index (Phi) is 4.99. The Morgan fingerprint density at radius 2 is 2.09 bits per heavy atom. The zero-order chi connectivity index (χ0) is 23.2. The van der Waals surface area contributed by atoms with Crippen molar-refractivity contribution in [3.8, 4) is 11.5 Å². The van der Waals surface area contributed by atoms with Gasteiger partial charge in [-0.15, -0.1) is 0 Å². The predicted octanol–water partition coefficient (Wildman–Crippen LogP) is 3.87. The van der Waals surface area contributed by atoms with Gasteiger partial charge in [0.2, 0.25) is 0 Å². The zero-order valence-corrected chi connectivity index (χ0v) is 17.4. The molecule has 5 rings (SSSR count). The molecule has 0 aliphatic carbocycles. The molecule has 0 radical (unpaired) electrons. The van der Waals surface area contributed by atoms with Crippen molar-refractivity contribution in [3.63, 3.8) is 0 Å². The Hall–Kier alpha value is -3.96. The average molecular weight is 457 g/mol. The van der Waals surface area contributed by atoms with Crippen molar-refractivity contribution in [2.24, 2.45) is 0 Å². The summed E-state index contributed by atoms with van der Waals surface area (Å²) in [5, 5.41) is 6.98. The number of rotatable bonds is 4. The monoisotopic (exact) mass is 457 g/mol. The van der Waals surface area contributed by atoms with Crippen LogP contribution in [0.1, 0.15) is 28.9 Å². The van der Waals surface area contributed by atoms with Crippen molar-refractivity contribution in [1.29, 1.82) is 0 Å². The summed E-state index contributed by atoms with van der Waals surface area (Å²) in [5.41, 5.74) is 1.19. The largest absolute Gasteiger partial charge is 0.442 e. The van der Waals surface area contributed by atoms with Gasteiger partial charge in [-0.2, -0.15) is 18.3 Å². The smallest absolute Gasteiger partial charge is 0.408 e. The van der Waals surface area contributed by atoms with Crippen LogP contribution >= 0.6 is 0 Å². The zero-order valence-electron chi connectivity index (χ0n) is 17.4. The molecule has 1 saturated heterocycles. The van der Waals surface area contributed by atoms with Gasteiger partial charge in [0.05, 0.1) is 11.9 Å². The summed E-state index contributed by atoms with van der Waals surface area (Å²) in [7, 11) is 0. The van der Waals surface area contributed by atoms with Gasteiger partial charge < -0.3 is 14.6 Å². The number of aromatic nitrogens is 5. The first-order valence-corrected chi connectivity index (χ1v) is 10.2. The lowest BCUT2D eigenvalue weighted by molar-refractivity contribution is -0.146. The number of fused-ring (bicyclic) bond motifs is 1. The van der Waals surface area contributed by atoms with Crippen LogP contribution in [0.25, 0.3) is 17.1 Å². The second kappa shape index (κ2) is 7.87.